The van der Waals surface area contributed by atoms with Crippen LogP contribution in [0.15, 0.2) is 76.8 Å². The molecule has 0 heterocycles. The van der Waals surface area contributed by atoms with E-state index in [9.17, 15) is 0 Å². The fourth-order valence-electron chi connectivity index (χ4n) is 1.71. The highest BCUT2D eigenvalue weighted by atomic mass is 32.2. The van der Waals surface area contributed by atoms with Crippen molar-refractivity contribution in [1.82, 2.24) is 0 Å². The first-order valence-corrected chi connectivity index (χ1v) is 8.40. The van der Waals surface area contributed by atoms with E-state index in [1.807, 2.05) is 38.1 Å². The van der Waals surface area contributed by atoms with Gasteiger partial charge in [0, 0.05) is 17.1 Å². The van der Waals surface area contributed by atoms with Crippen LogP contribution in [0.2, 0.25) is 0 Å². The third-order valence-corrected chi connectivity index (χ3v) is 4.22. The summed E-state index contributed by atoms with van der Waals surface area (Å²) in [5.41, 5.74) is 4.36. The second kappa shape index (κ2) is 9.87. The first-order chi connectivity index (χ1) is 10.7. The minimum atomic E-state index is 0.598. The molecule has 2 heteroatoms. The molecule has 0 saturated carbocycles. The van der Waals surface area contributed by atoms with Crippen LogP contribution in [0.1, 0.15) is 26.3 Å². The number of rotatable bonds is 6. The average molecular weight is 308 g/mol. The second-order valence-electron chi connectivity index (χ2n) is 4.47. The quantitative estimate of drug-likeness (QED) is 0.475. The number of allylic oxidation sites excluding steroid dienone is 6. The normalized spacial score (nSPS) is 13.9. The molecule has 2 rings (SSSR count). The van der Waals surface area contributed by atoms with Gasteiger partial charge >= 0.3 is 0 Å². The summed E-state index contributed by atoms with van der Waals surface area (Å²) in [7, 11) is 0. The summed E-state index contributed by atoms with van der Waals surface area (Å²) in [4.78, 5) is 1.13. The zero-order chi connectivity index (χ0) is 16.4. The number of thioether (sulfide) groups is 1. The maximum Gasteiger partial charge on any atom is 0.0991 e. The van der Waals surface area contributed by atoms with Crippen LogP contribution in [0.4, 0.5) is 0 Å². The highest BCUT2D eigenvalue weighted by molar-refractivity contribution is 8.02. The Kier molecular flexibility index (Phi) is 8.10. The van der Waals surface area contributed by atoms with Crippen molar-refractivity contribution in [2.24, 2.45) is 0 Å². The standard InChI is InChI=1S/C18H16NS.C2H6/c1-3-15(12-19)11-18(14(2)17-9-10-17)20-13-16-7-5-4-6-8-16;1-2/h3-11H,1,13H2,2H3;1-2H3/b15-11+,18-14-;. The molecule has 0 saturated heterocycles. The molecule has 0 amide bonds. The predicted molar refractivity (Wildman–Crippen MR) is 98.1 cm³/mol. The topological polar surface area (TPSA) is 23.8 Å². The molecule has 0 fully saturated rings. The highest BCUT2D eigenvalue weighted by Gasteiger charge is 2.14. The summed E-state index contributed by atoms with van der Waals surface area (Å²) in [6, 6.07) is 12.5. The Hall–Kier alpha value is -1.98. The molecule has 1 aromatic rings. The van der Waals surface area contributed by atoms with E-state index in [4.69, 9.17) is 5.26 Å². The van der Waals surface area contributed by atoms with Crippen molar-refractivity contribution in [3.05, 3.63) is 88.7 Å². The lowest BCUT2D eigenvalue weighted by Gasteiger charge is -2.07. The van der Waals surface area contributed by atoms with Gasteiger partial charge in [0.1, 0.15) is 0 Å². The molecule has 1 aliphatic carbocycles. The van der Waals surface area contributed by atoms with Crippen LogP contribution in [0.25, 0.3) is 0 Å². The summed E-state index contributed by atoms with van der Waals surface area (Å²) >= 11 is 1.75. The number of hydrogen-bond donors (Lipinski definition) is 0. The second-order valence-corrected chi connectivity index (χ2v) is 5.48. The van der Waals surface area contributed by atoms with Crippen molar-refractivity contribution in [3.8, 4) is 6.07 Å². The van der Waals surface area contributed by atoms with Crippen LogP contribution >= 0.6 is 11.8 Å². The molecule has 0 aromatic heterocycles. The molecule has 1 radical (unpaired) electrons. The SMILES string of the molecule is C=C/C(C#N)=C\C(SCc1ccccc1)=C(/C)C1=C[CH]1.CC. The lowest BCUT2D eigenvalue weighted by Crippen LogP contribution is -1.86. The monoisotopic (exact) mass is 308 g/mol. The summed E-state index contributed by atoms with van der Waals surface area (Å²) < 4.78 is 0. The predicted octanol–water partition coefficient (Wildman–Crippen LogP) is 6.00. The Morgan fingerprint density at radius 1 is 1.27 bits per heavy atom. The highest BCUT2D eigenvalue weighted by Crippen LogP contribution is 2.35. The van der Waals surface area contributed by atoms with E-state index in [2.05, 4.69) is 44.2 Å². The molecule has 0 unspecified atom stereocenters. The van der Waals surface area contributed by atoms with Gasteiger partial charge in [-0.25, -0.2) is 0 Å². The molecular weight excluding hydrogens is 286 g/mol. The van der Waals surface area contributed by atoms with Crippen molar-refractivity contribution in [2.45, 2.75) is 26.5 Å². The molecule has 0 aliphatic heterocycles. The largest absolute Gasteiger partial charge is 0.192 e. The molecule has 113 valence electrons. The van der Waals surface area contributed by atoms with E-state index >= 15 is 0 Å². The van der Waals surface area contributed by atoms with E-state index in [1.54, 1.807) is 17.8 Å². The third-order valence-electron chi connectivity index (χ3n) is 3.01. The van der Waals surface area contributed by atoms with Crippen LogP contribution in [0.3, 0.4) is 0 Å². The Labute approximate surface area is 138 Å². The van der Waals surface area contributed by atoms with Crippen LogP contribution in [-0.2, 0) is 5.75 Å². The Morgan fingerprint density at radius 3 is 2.41 bits per heavy atom. The Morgan fingerprint density at radius 2 is 1.91 bits per heavy atom. The Balaban J connectivity index is 0.00000116. The fourth-order valence-corrected chi connectivity index (χ4v) is 2.76. The summed E-state index contributed by atoms with van der Waals surface area (Å²) in [5, 5.41) is 9.05. The molecule has 0 bridgehead atoms. The van der Waals surface area contributed by atoms with Crippen molar-refractivity contribution in [3.63, 3.8) is 0 Å². The van der Waals surface area contributed by atoms with Gasteiger partial charge in [0.15, 0.2) is 0 Å². The number of benzene rings is 1. The minimum absolute atomic E-state index is 0.598. The molecule has 0 N–H and O–H groups in total. The number of nitrogens with zero attached hydrogens (tertiary/aromatic N) is 1. The Bertz CT molecular complexity index is 627. The van der Waals surface area contributed by atoms with Crippen LogP contribution in [-0.4, -0.2) is 0 Å². The van der Waals surface area contributed by atoms with Crippen LogP contribution in [0.5, 0.6) is 0 Å². The van der Waals surface area contributed by atoms with Gasteiger partial charge in [-0.2, -0.15) is 5.26 Å². The molecule has 0 atom stereocenters. The van der Waals surface area contributed by atoms with Crippen molar-refractivity contribution < 1.29 is 0 Å². The fraction of sp³-hybridized carbons (Fsp3) is 0.200. The van der Waals surface area contributed by atoms with Gasteiger partial charge in [0.05, 0.1) is 11.6 Å². The summed E-state index contributed by atoms with van der Waals surface area (Å²) in [6.07, 6.45) is 7.70. The van der Waals surface area contributed by atoms with Gasteiger partial charge in [-0.1, -0.05) is 62.9 Å². The van der Waals surface area contributed by atoms with Gasteiger partial charge in [0.2, 0.25) is 0 Å². The number of nitriles is 1. The third kappa shape index (κ3) is 5.79. The molecule has 1 nitrogen and oxygen atoms in total. The number of hydrogen-bond acceptors (Lipinski definition) is 2. The molecular formula is C20H22NS. The van der Waals surface area contributed by atoms with Gasteiger partial charge in [-0.15, -0.1) is 11.8 Å². The van der Waals surface area contributed by atoms with Crippen molar-refractivity contribution in [2.75, 3.05) is 0 Å². The van der Waals surface area contributed by atoms with E-state index in [0.717, 1.165) is 10.7 Å². The van der Waals surface area contributed by atoms with Crippen molar-refractivity contribution >= 4 is 11.8 Å². The van der Waals surface area contributed by atoms with Gasteiger partial charge in [0.25, 0.3) is 0 Å². The zero-order valence-electron chi connectivity index (χ0n) is 13.5. The smallest absolute Gasteiger partial charge is 0.0991 e. The summed E-state index contributed by atoms with van der Waals surface area (Å²) in [6.45, 7) is 9.77. The van der Waals surface area contributed by atoms with Crippen LogP contribution in [0, 0.1) is 17.8 Å². The molecule has 1 aliphatic rings. The average Bonchev–Trinajstić information content (AvgIpc) is 3.42. The minimum Gasteiger partial charge on any atom is -0.192 e. The first-order valence-electron chi connectivity index (χ1n) is 7.42. The lowest BCUT2D eigenvalue weighted by molar-refractivity contribution is 1.40. The molecule has 1 aromatic carbocycles. The van der Waals surface area contributed by atoms with E-state index in [-0.39, 0.29) is 0 Å². The maximum absolute atomic E-state index is 9.05. The first kappa shape index (κ1) is 18.1. The zero-order valence-corrected chi connectivity index (χ0v) is 14.3. The lowest BCUT2D eigenvalue weighted by atomic mass is 10.2. The molecule has 0 spiro atoms. The van der Waals surface area contributed by atoms with Crippen molar-refractivity contribution in [1.29, 1.82) is 5.26 Å². The van der Waals surface area contributed by atoms with Gasteiger partial charge < -0.3 is 0 Å². The van der Waals surface area contributed by atoms with E-state index in [1.165, 1.54) is 16.7 Å². The summed E-state index contributed by atoms with van der Waals surface area (Å²) in [5.74, 6) is 0.896. The van der Waals surface area contributed by atoms with Gasteiger partial charge in [-0.3, -0.25) is 0 Å². The molecule has 22 heavy (non-hydrogen) atoms. The van der Waals surface area contributed by atoms with E-state index < -0.39 is 0 Å². The van der Waals surface area contributed by atoms with Gasteiger partial charge in [-0.05, 0) is 29.7 Å². The van der Waals surface area contributed by atoms with E-state index in [0.29, 0.717) is 5.57 Å². The van der Waals surface area contributed by atoms with Crippen LogP contribution < -0.4 is 0 Å². The maximum atomic E-state index is 9.05.